The summed E-state index contributed by atoms with van der Waals surface area (Å²) >= 11 is 0. The highest BCUT2D eigenvalue weighted by Gasteiger charge is 2.34. The molecule has 3 rings (SSSR count). The van der Waals surface area contributed by atoms with Gasteiger partial charge in [-0.05, 0) is 31.5 Å². The number of fused-ring (bicyclic) bond motifs is 1. The SMILES string of the molecule is CCCN1C(=O)c2ccccc2N[C@H]1c1cccc(OCC)c1O. The van der Waals surface area contributed by atoms with Crippen molar-refractivity contribution in [3.05, 3.63) is 53.6 Å². The van der Waals surface area contributed by atoms with Crippen molar-refractivity contribution in [1.29, 1.82) is 0 Å². The van der Waals surface area contributed by atoms with Gasteiger partial charge in [0.2, 0.25) is 0 Å². The number of rotatable bonds is 5. The number of hydrogen-bond acceptors (Lipinski definition) is 4. The lowest BCUT2D eigenvalue weighted by Crippen LogP contribution is -2.43. The zero-order valence-corrected chi connectivity index (χ0v) is 14.0. The van der Waals surface area contributed by atoms with E-state index in [1.807, 2.05) is 50.2 Å². The second kappa shape index (κ2) is 6.83. The molecule has 2 aromatic carbocycles. The molecule has 0 aromatic heterocycles. The van der Waals surface area contributed by atoms with Crippen LogP contribution >= 0.6 is 0 Å². The van der Waals surface area contributed by atoms with Crippen LogP contribution in [0.5, 0.6) is 11.5 Å². The van der Waals surface area contributed by atoms with E-state index in [1.54, 1.807) is 11.0 Å². The number of aromatic hydroxyl groups is 1. The number of nitrogens with one attached hydrogen (secondary N) is 1. The molecule has 126 valence electrons. The van der Waals surface area contributed by atoms with E-state index in [1.165, 1.54) is 0 Å². The van der Waals surface area contributed by atoms with Gasteiger partial charge in [0.25, 0.3) is 5.91 Å². The molecule has 2 aromatic rings. The fourth-order valence-corrected chi connectivity index (χ4v) is 3.04. The minimum atomic E-state index is -0.423. The van der Waals surface area contributed by atoms with Crippen LogP contribution in [0, 0.1) is 0 Å². The largest absolute Gasteiger partial charge is 0.504 e. The molecular formula is C19H22N2O3. The van der Waals surface area contributed by atoms with Crippen LogP contribution in [-0.4, -0.2) is 29.1 Å². The van der Waals surface area contributed by atoms with Crippen molar-refractivity contribution in [3.8, 4) is 11.5 Å². The number of carbonyl (C=O) groups is 1. The van der Waals surface area contributed by atoms with Crippen LogP contribution in [0.25, 0.3) is 0 Å². The van der Waals surface area contributed by atoms with Crippen LogP contribution < -0.4 is 10.1 Å². The van der Waals surface area contributed by atoms with Crippen LogP contribution in [0.3, 0.4) is 0 Å². The van der Waals surface area contributed by atoms with Gasteiger partial charge < -0.3 is 20.1 Å². The number of para-hydroxylation sites is 2. The first-order valence-electron chi connectivity index (χ1n) is 8.28. The molecule has 0 spiro atoms. The van der Waals surface area contributed by atoms with Crippen LogP contribution in [-0.2, 0) is 0 Å². The maximum Gasteiger partial charge on any atom is 0.257 e. The molecule has 0 saturated carbocycles. The third-order valence-electron chi connectivity index (χ3n) is 4.11. The lowest BCUT2D eigenvalue weighted by molar-refractivity contribution is 0.0681. The van der Waals surface area contributed by atoms with E-state index in [0.29, 0.717) is 30.0 Å². The van der Waals surface area contributed by atoms with Gasteiger partial charge in [0, 0.05) is 17.8 Å². The lowest BCUT2D eigenvalue weighted by Gasteiger charge is -2.38. The number of phenols is 1. The van der Waals surface area contributed by atoms with Crippen molar-refractivity contribution < 1.29 is 14.6 Å². The molecule has 2 N–H and O–H groups in total. The Morgan fingerprint density at radius 2 is 1.96 bits per heavy atom. The van der Waals surface area contributed by atoms with Gasteiger partial charge in [0.15, 0.2) is 11.5 Å². The van der Waals surface area contributed by atoms with Gasteiger partial charge in [-0.3, -0.25) is 4.79 Å². The van der Waals surface area contributed by atoms with Gasteiger partial charge in [-0.15, -0.1) is 0 Å². The molecule has 24 heavy (non-hydrogen) atoms. The number of ether oxygens (including phenoxy) is 1. The van der Waals surface area contributed by atoms with Crippen LogP contribution in [0.1, 0.15) is 42.4 Å². The summed E-state index contributed by atoms with van der Waals surface area (Å²) in [4.78, 5) is 14.6. The number of nitrogens with zero attached hydrogens (tertiary/aromatic N) is 1. The third kappa shape index (κ3) is 2.77. The Morgan fingerprint density at radius 3 is 2.71 bits per heavy atom. The first-order valence-corrected chi connectivity index (χ1v) is 8.28. The fourth-order valence-electron chi connectivity index (χ4n) is 3.04. The Labute approximate surface area is 141 Å². The Hall–Kier alpha value is -2.69. The summed E-state index contributed by atoms with van der Waals surface area (Å²) in [5.41, 5.74) is 2.07. The highest BCUT2D eigenvalue weighted by Crippen LogP contribution is 2.40. The zero-order valence-electron chi connectivity index (χ0n) is 14.0. The quantitative estimate of drug-likeness (QED) is 0.878. The maximum absolute atomic E-state index is 12.9. The van der Waals surface area contributed by atoms with Crippen molar-refractivity contribution in [3.63, 3.8) is 0 Å². The molecule has 1 amide bonds. The van der Waals surface area contributed by atoms with E-state index in [0.717, 1.165) is 12.1 Å². The number of amides is 1. The molecule has 1 aliphatic rings. The molecule has 1 aliphatic heterocycles. The van der Waals surface area contributed by atoms with Crippen molar-refractivity contribution >= 4 is 11.6 Å². The van der Waals surface area contributed by atoms with Gasteiger partial charge >= 0.3 is 0 Å². The second-order valence-electron chi connectivity index (χ2n) is 5.72. The summed E-state index contributed by atoms with van der Waals surface area (Å²) in [5, 5.41) is 14.0. The van der Waals surface area contributed by atoms with Gasteiger partial charge in [0.1, 0.15) is 6.17 Å². The highest BCUT2D eigenvalue weighted by atomic mass is 16.5. The van der Waals surface area contributed by atoms with Gasteiger partial charge in [-0.1, -0.05) is 31.2 Å². The Kier molecular flexibility index (Phi) is 4.60. The van der Waals surface area contributed by atoms with Crippen molar-refractivity contribution in [2.24, 2.45) is 0 Å². The van der Waals surface area contributed by atoms with E-state index < -0.39 is 6.17 Å². The minimum absolute atomic E-state index is 0.0302. The van der Waals surface area contributed by atoms with Crippen molar-refractivity contribution in [2.75, 3.05) is 18.5 Å². The first kappa shape index (κ1) is 16.2. The molecule has 0 bridgehead atoms. The van der Waals surface area contributed by atoms with E-state index in [4.69, 9.17) is 4.74 Å². The second-order valence-corrected chi connectivity index (χ2v) is 5.72. The van der Waals surface area contributed by atoms with Gasteiger partial charge in [-0.2, -0.15) is 0 Å². The predicted molar refractivity (Wildman–Crippen MR) is 93.4 cm³/mol. The summed E-state index contributed by atoms with van der Waals surface area (Å²) in [6.45, 7) is 4.97. The highest BCUT2D eigenvalue weighted by molar-refractivity contribution is 6.01. The number of benzene rings is 2. The standard InChI is InChI=1S/C19H22N2O3/c1-3-12-21-18(14-9-7-11-16(17(14)22)24-4-2)20-15-10-6-5-8-13(15)19(21)23/h5-11,18,20,22H,3-4,12H2,1-2H3/t18-/m1/s1. The Morgan fingerprint density at radius 1 is 1.17 bits per heavy atom. The smallest absolute Gasteiger partial charge is 0.257 e. The van der Waals surface area contributed by atoms with Crippen LogP contribution in [0.4, 0.5) is 5.69 Å². The van der Waals surface area contributed by atoms with Gasteiger partial charge in [0.05, 0.1) is 12.2 Å². The molecule has 0 fully saturated rings. The molecular weight excluding hydrogens is 304 g/mol. The Balaban J connectivity index is 2.06. The monoisotopic (exact) mass is 326 g/mol. The average molecular weight is 326 g/mol. The van der Waals surface area contributed by atoms with Crippen LogP contribution in [0.15, 0.2) is 42.5 Å². The summed E-state index contributed by atoms with van der Waals surface area (Å²) in [6.07, 6.45) is 0.408. The van der Waals surface area contributed by atoms with E-state index in [-0.39, 0.29) is 11.7 Å². The molecule has 0 saturated heterocycles. The molecule has 1 atom stereocenters. The summed E-state index contributed by atoms with van der Waals surface area (Å²) < 4.78 is 5.48. The predicted octanol–water partition coefficient (Wildman–Crippen LogP) is 3.77. The third-order valence-corrected chi connectivity index (χ3v) is 4.11. The Bertz CT molecular complexity index is 745. The lowest BCUT2D eigenvalue weighted by atomic mass is 10.0. The molecule has 5 heteroatoms. The number of carbonyl (C=O) groups excluding carboxylic acids is 1. The molecule has 1 heterocycles. The first-order chi connectivity index (χ1) is 11.7. The van der Waals surface area contributed by atoms with Crippen molar-refractivity contribution in [2.45, 2.75) is 26.4 Å². The normalized spacial score (nSPS) is 16.5. The minimum Gasteiger partial charge on any atom is -0.504 e. The van der Waals surface area contributed by atoms with Crippen LogP contribution in [0.2, 0.25) is 0 Å². The zero-order chi connectivity index (χ0) is 17.1. The number of hydrogen-bond donors (Lipinski definition) is 2. The molecule has 0 aliphatic carbocycles. The van der Waals surface area contributed by atoms with Crippen molar-refractivity contribution in [1.82, 2.24) is 4.90 Å². The average Bonchev–Trinajstić information content (AvgIpc) is 2.60. The topological polar surface area (TPSA) is 61.8 Å². The molecule has 0 unspecified atom stereocenters. The fraction of sp³-hybridized carbons (Fsp3) is 0.316. The van der Waals surface area contributed by atoms with Gasteiger partial charge in [-0.25, -0.2) is 0 Å². The number of anilines is 1. The number of phenolic OH excluding ortho intramolecular Hbond substituents is 1. The van der Waals surface area contributed by atoms with E-state index in [2.05, 4.69) is 5.32 Å². The maximum atomic E-state index is 12.9. The summed E-state index contributed by atoms with van der Waals surface area (Å²) in [6, 6.07) is 12.8. The summed E-state index contributed by atoms with van der Waals surface area (Å²) in [5.74, 6) is 0.474. The summed E-state index contributed by atoms with van der Waals surface area (Å²) in [7, 11) is 0. The van der Waals surface area contributed by atoms with E-state index >= 15 is 0 Å². The molecule has 5 nitrogen and oxygen atoms in total. The van der Waals surface area contributed by atoms with E-state index in [9.17, 15) is 9.90 Å². The molecule has 0 radical (unpaired) electrons.